The van der Waals surface area contributed by atoms with Crippen molar-refractivity contribution in [3.8, 4) is 0 Å². The zero-order valence-electron chi connectivity index (χ0n) is 11.2. The minimum Gasteiger partial charge on any atom is -0.380 e. The highest BCUT2D eigenvalue weighted by atomic mass is 16.5. The van der Waals surface area contributed by atoms with E-state index < -0.39 is 0 Å². The molecule has 0 bridgehead atoms. The van der Waals surface area contributed by atoms with Crippen LogP contribution in [0.5, 0.6) is 0 Å². The van der Waals surface area contributed by atoms with Gasteiger partial charge in [-0.05, 0) is 19.9 Å². The van der Waals surface area contributed by atoms with Gasteiger partial charge in [-0.15, -0.1) is 0 Å². The lowest BCUT2D eigenvalue weighted by atomic mass is 10.2. The third-order valence-electron chi connectivity index (χ3n) is 3.20. The molecule has 1 atom stereocenters. The molecular formula is C13H22N4O. The molecule has 1 N–H and O–H groups in total. The van der Waals surface area contributed by atoms with E-state index in [4.69, 9.17) is 4.74 Å². The smallest absolute Gasteiger partial charge is 0.144 e. The summed E-state index contributed by atoms with van der Waals surface area (Å²) in [6, 6.07) is 0.518. The average Bonchev–Trinajstić information content (AvgIpc) is 2.92. The lowest BCUT2D eigenvalue weighted by Gasteiger charge is -2.22. The fourth-order valence-corrected chi connectivity index (χ4v) is 2.04. The maximum Gasteiger partial charge on any atom is 0.144 e. The van der Waals surface area contributed by atoms with Crippen molar-refractivity contribution < 1.29 is 4.74 Å². The van der Waals surface area contributed by atoms with Crippen LogP contribution in [0.1, 0.15) is 25.5 Å². The van der Waals surface area contributed by atoms with Crippen LogP contribution >= 0.6 is 0 Å². The van der Waals surface area contributed by atoms with Crippen LogP contribution in [0.15, 0.2) is 12.4 Å². The third kappa shape index (κ3) is 3.65. The Morgan fingerprint density at radius 3 is 2.94 bits per heavy atom. The standard InChI is InChI=1S/C13H22N4O/c1-3-5-14-13-8-15-11(7-16-13)9-17(2)12-4-6-18-10-12/h7-8,12H,3-6,9-10H2,1-2H3,(H,14,16). The molecule has 1 aliphatic rings. The van der Waals surface area contributed by atoms with Crippen molar-refractivity contribution in [2.75, 3.05) is 32.1 Å². The van der Waals surface area contributed by atoms with E-state index in [0.29, 0.717) is 6.04 Å². The van der Waals surface area contributed by atoms with Crippen molar-refractivity contribution >= 4 is 5.82 Å². The molecule has 0 radical (unpaired) electrons. The number of hydrogen-bond acceptors (Lipinski definition) is 5. The molecule has 0 aromatic carbocycles. The van der Waals surface area contributed by atoms with E-state index in [1.807, 2.05) is 12.4 Å². The van der Waals surface area contributed by atoms with E-state index in [9.17, 15) is 0 Å². The van der Waals surface area contributed by atoms with Crippen LogP contribution in [-0.4, -0.2) is 47.7 Å². The van der Waals surface area contributed by atoms with Gasteiger partial charge in [-0.1, -0.05) is 6.92 Å². The molecule has 0 amide bonds. The normalized spacial score (nSPS) is 19.4. The van der Waals surface area contributed by atoms with E-state index in [0.717, 1.165) is 50.7 Å². The summed E-state index contributed by atoms with van der Waals surface area (Å²) in [6.45, 7) is 5.61. The minimum absolute atomic E-state index is 0.518. The summed E-state index contributed by atoms with van der Waals surface area (Å²) in [7, 11) is 2.12. The Morgan fingerprint density at radius 2 is 2.33 bits per heavy atom. The van der Waals surface area contributed by atoms with Gasteiger partial charge in [0.2, 0.25) is 0 Å². The summed E-state index contributed by atoms with van der Waals surface area (Å²) in [4.78, 5) is 11.1. The lowest BCUT2D eigenvalue weighted by molar-refractivity contribution is 0.155. The van der Waals surface area contributed by atoms with E-state index in [1.54, 1.807) is 0 Å². The Kier molecular flexibility index (Phi) is 4.90. The number of rotatable bonds is 6. The number of likely N-dealkylation sites (N-methyl/N-ethyl adjacent to an activating group) is 1. The molecule has 5 nitrogen and oxygen atoms in total. The minimum atomic E-state index is 0.518. The van der Waals surface area contributed by atoms with Crippen LogP contribution in [-0.2, 0) is 11.3 Å². The topological polar surface area (TPSA) is 50.3 Å². The molecule has 0 saturated carbocycles. The maximum absolute atomic E-state index is 5.39. The Hall–Kier alpha value is -1.20. The van der Waals surface area contributed by atoms with Crippen molar-refractivity contribution in [1.29, 1.82) is 0 Å². The van der Waals surface area contributed by atoms with Gasteiger partial charge in [0.1, 0.15) is 5.82 Å². The van der Waals surface area contributed by atoms with E-state index in [1.165, 1.54) is 0 Å². The third-order valence-corrected chi connectivity index (χ3v) is 3.20. The van der Waals surface area contributed by atoms with Crippen LogP contribution in [0, 0.1) is 0 Å². The summed E-state index contributed by atoms with van der Waals surface area (Å²) in [6.07, 6.45) is 5.86. The first-order valence-electron chi connectivity index (χ1n) is 6.62. The zero-order chi connectivity index (χ0) is 12.8. The molecule has 0 aliphatic carbocycles. The summed E-state index contributed by atoms with van der Waals surface area (Å²) < 4.78 is 5.39. The zero-order valence-corrected chi connectivity index (χ0v) is 11.2. The second-order valence-electron chi connectivity index (χ2n) is 4.75. The summed E-state index contributed by atoms with van der Waals surface area (Å²) >= 11 is 0. The second-order valence-corrected chi connectivity index (χ2v) is 4.75. The molecular weight excluding hydrogens is 228 g/mol. The Labute approximate surface area is 109 Å². The molecule has 1 aromatic rings. The van der Waals surface area contributed by atoms with E-state index >= 15 is 0 Å². The highest BCUT2D eigenvalue weighted by Crippen LogP contribution is 2.13. The van der Waals surface area contributed by atoms with Crippen LogP contribution in [0.3, 0.4) is 0 Å². The van der Waals surface area contributed by atoms with Gasteiger partial charge in [0, 0.05) is 25.7 Å². The van der Waals surface area contributed by atoms with Gasteiger partial charge in [0.25, 0.3) is 0 Å². The van der Waals surface area contributed by atoms with Crippen molar-refractivity contribution in [1.82, 2.24) is 14.9 Å². The molecule has 0 spiro atoms. The number of nitrogens with one attached hydrogen (secondary N) is 1. The van der Waals surface area contributed by atoms with Crippen molar-refractivity contribution in [3.05, 3.63) is 18.1 Å². The highest BCUT2D eigenvalue weighted by Gasteiger charge is 2.20. The van der Waals surface area contributed by atoms with Crippen LogP contribution in [0.25, 0.3) is 0 Å². The quantitative estimate of drug-likeness (QED) is 0.829. The van der Waals surface area contributed by atoms with Gasteiger partial charge in [-0.3, -0.25) is 9.88 Å². The van der Waals surface area contributed by atoms with Crippen molar-refractivity contribution in [2.24, 2.45) is 0 Å². The highest BCUT2D eigenvalue weighted by molar-refractivity contribution is 5.30. The maximum atomic E-state index is 5.39. The number of ether oxygens (including phenoxy) is 1. The van der Waals surface area contributed by atoms with Crippen molar-refractivity contribution in [3.63, 3.8) is 0 Å². The fourth-order valence-electron chi connectivity index (χ4n) is 2.04. The molecule has 1 aliphatic heterocycles. The predicted molar refractivity (Wildman–Crippen MR) is 71.5 cm³/mol. The SMILES string of the molecule is CCCNc1cnc(CN(C)C2CCOC2)cn1. The molecule has 18 heavy (non-hydrogen) atoms. The monoisotopic (exact) mass is 250 g/mol. The van der Waals surface area contributed by atoms with Gasteiger partial charge in [-0.2, -0.15) is 0 Å². The molecule has 1 aromatic heterocycles. The molecule has 1 saturated heterocycles. The van der Waals surface area contributed by atoms with Gasteiger partial charge in [0.15, 0.2) is 0 Å². The first-order valence-corrected chi connectivity index (χ1v) is 6.62. The number of anilines is 1. The molecule has 100 valence electrons. The summed E-state index contributed by atoms with van der Waals surface area (Å²) in [5.74, 6) is 0.854. The predicted octanol–water partition coefficient (Wildman–Crippen LogP) is 1.52. The van der Waals surface area contributed by atoms with E-state index in [2.05, 4.69) is 34.2 Å². The molecule has 1 fully saturated rings. The summed E-state index contributed by atoms with van der Waals surface area (Å²) in [5.41, 5.74) is 1.01. The van der Waals surface area contributed by atoms with Gasteiger partial charge in [-0.25, -0.2) is 4.98 Å². The van der Waals surface area contributed by atoms with Crippen LogP contribution in [0.2, 0.25) is 0 Å². The van der Waals surface area contributed by atoms with Gasteiger partial charge < -0.3 is 10.1 Å². The van der Waals surface area contributed by atoms with Crippen LogP contribution in [0.4, 0.5) is 5.82 Å². The Morgan fingerprint density at radius 1 is 1.44 bits per heavy atom. The lowest BCUT2D eigenvalue weighted by Crippen LogP contribution is -2.31. The van der Waals surface area contributed by atoms with Gasteiger partial charge >= 0.3 is 0 Å². The number of hydrogen-bond donors (Lipinski definition) is 1. The first kappa shape index (κ1) is 13.2. The molecule has 2 rings (SSSR count). The number of aromatic nitrogens is 2. The Bertz CT molecular complexity index is 349. The average molecular weight is 250 g/mol. The number of nitrogens with zero attached hydrogens (tertiary/aromatic N) is 3. The first-order chi connectivity index (χ1) is 8.79. The molecule has 1 unspecified atom stereocenters. The molecule has 5 heteroatoms. The van der Waals surface area contributed by atoms with E-state index in [-0.39, 0.29) is 0 Å². The van der Waals surface area contributed by atoms with Gasteiger partial charge in [0.05, 0.1) is 24.7 Å². The second kappa shape index (κ2) is 6.66. The van der Waals surface area contributed by atoms with Crippen molar-refractivity contribution in [2.45, 2.75) is 32.4 Å². The Balaban J connectivity index is 1.85. The molecule has 2 heterocycles. The fraction of sp³-hybridized carbons (Fsp3) is 0.692. The largest absolute Gasteiger partial charge is 0.380 e. The van der Waals surface area contributed by atoms with Crippen LogP contribution < -0.4 is 5.32 Å². The summed E-state index contributed by atoms with van der Waals surface area (Å²) in [5, 5.41) is 3.22.